The maximum absolute atomic E-state index is 11.7. The lowest BCUT2D eigenvalue weighted by Crippen LogP contribution is -2.24. The zero-order valence-corrected chi connectivity index (χ0v) is 12.5. The Hall–Kier alpha value is -3.14. The first-order valence-corrected chi connectivity index (χ1v) is 7.30. The minimum absolute atomic E-state index is 0.0725. The van der Waals surface area contributed by atoms with E-state index in [0.29, 0.717) is 5.75 Å². The fourth-order valence-electron chi connectivity index (χ4n) is 2.23. The highest BCUT2D eigenvalue weighted by Gasteiger charge is 2.01. The van der Waals surface area contributed by atoms with E-state index in [1.165, 1.54) is 0 Å². The highest BCUT2D eigenvalue weighted by Crippen LogP contribution is 2.16. The Kier molecular flexibility index (Phi) is 4.64. The smallest absolute Gasteiger partial charge is 0.277 e. The Morgan fingerprint density at radius 1 is 0.957 bits per heavy atom. The van der Waals surface area contributed by atoms with Crippen LogP contribution in [0, 0.1) is 0 Å². The molecule has 23 heavy (non-hydrogen) atoms. The minimum Gasteiger partial charge on any atom is -0.484 e. The summed E-state index contributed by atoms with van der Waals surface area (Å²) in [6.07, 6.45) is 1.64. The number of rotatable bonds is 5. The van der Waals surface area contributed by atoms with Gasteiger partial charge in [-0.2, -0.15) is 5.10 Å². The van der Waals surface area contributed by atoms with Gasteiger partial charge in [-0.1, -0.05) is 60.7 Å². The third kappa shape index (κ3) is 3.95. The molecular weight excluding hydrogens is 288 g/mol. The third-order valence-corrected chi connectivity index (χ3v) is 3.33. The molecule has 0 unspecified atom stereocenters. The van der Waals surface area contributed by atoms with Crippen LogP contribution in [0.1, 0.15) is 5.56 Å². The van der Waals surface area contributed by atoms with Crippen molar-refractivity contribution in [2.75, 3.05) is 6.61 Å². The van der Waals surface area contributed by atoms with Gasteiger partial charge in [0.05, 0.1) is 6.21 Å². The second kappa shape index (κ2) is 7.22. The Balaban J connectivity index is 1.59. The predicted molar refractivity (Wildman–Crippen MR) is 91.6 cm³/mol. The van der Waals surface area contributed by atoms with Gasteiger partial charge in [-0.15, -0.1) is 0 Å². The fourth-order valence-corrected chi connectivity index (χ4v) is 2.23. The van der Waals surface area contributed by atoms with Crippen LogP contribution in [0.15, 0.2) is 77.9 Å². The average Bonchev–Trinajstić information content (AvgIpc) is 2.61. The highest BCUT2D eigenvalue weighted by atomic mass is 16.5. The lowest BCUT2D eigenvalue weighted by molar-refractivity contribution is -0.123. The van der Waals surface area contributed by atoms with Gasteiger partial charge >= 0.3 is 0 Å². The van der Waals surface area contributed by atoms with Gasteiger partial charge in [-0.3, -0.25) is 4.79 Å². The number of benzene rings is 3. The van der Waals surface area contributed by atoms with Crippen LogP contribution < -0.4 is 10.2 Å². The van der Waals surface area contributed by atoms with Crippen LogP contribution in [0.25, 0.3) is 10.8 Å². The van der Waals surface area contributed by atoms with E-state index in [-0.39, 0.29) is 12.5 Å². The van der Waals surface area contributed by atoms with Crippen molar-refractivity contribution in [1.82, 2.24) is 5.43 Å². The molecule has 3 aromatic carbocycles. The molecule has 1 amide bonds. The third-order valence-electron chi connectivity index (χ3n) is 3.33. The molecule has 0 bridgehead atoms. The van der Waals surface area contributed by atoms with Crippen LogP contribution in [-0.2, 0) is 4.79 Å². The van der Waals surface area contributed by atoms with E-state index < -0.39 is 0 Å². The maximum Gasteiger partial charge on any atom is 0.277 e. The molecular formula is C19H16N2O2. The first-order valence-electron chi connectivity index (χ1n) is 7.30. The van der Waals surface area contributed by atoms with Gasteiger partial charge in [0.2, 0.25) is 0 Å². The summed E-state index contributed by atoms with van der Waals surface area (Å²) in [7, 11) is 0. The molecule has 0 saturated heterocycles. The van der Waals surface area contributed by atoms with Gasteiger partial charge in [-0.25, -0.2) is 5.43 Å². The number of hydrogen-bond donors (Lipinski definition) is 1. The van der Waals surface area contributed by atoms with Crippen molar-refractivity contribution in [3.8, 4) is 5.75 Å². The molecule has 0 spiro atoms. The topological polar surface area (TPSA) is 50.7 Å². The average molecular weight is 304 g/mol. The quantitative estimate of drug-likeness (QED) is 0.580. The number of nitrogens with one attached hydrogen (secondary N) is 1. The van der Waals surface area contributed by atoms with Gasteiger partial charge in [0.1, 0.15) is 5.75 Å². The molecule has 4 nitrogen and oxygen atoms in total. The van der Waals surface area contributed by atoms with Gasteiger partial charge in [-0.05, 0) is 22.9 Å². The van der Waals surface area contributed by atoms with Crippen molar-refractivity contribution < 1.29 is 9.53 Å². The lowest BCUT2D eigenvalue weighted by Gasteiger charge is -2.04. The van der Waals surface area contributed by atoms with Crippen LogP contribution in [-0.4, -0.2) is 18.7 Å². The van der Waals surface area contributed by atoms with Gasteiger partial charge < -0.3 is 4.74 Å². The molecule has 0 aliphatic heterocycles. The Morgan fingerprint density at radius 3 is 2.57 bits per heavy atom. The van der Waals surface area contributed by atoms with Crippen molar-refractivity contribution in [2.45, 2.75) is 0 Å². The maximum atomic E-state index is 11.7. The number of hydrazone groups is 1. The number of nitrogens with zero attached hydrogens (tertiary/aromatic N) is 1. The minimum atomic E-state index is -0.301. The van der Waals surface area contributed by atoms with Crippen LogP contribution >= 0.6 is 0 Å². The second-order valence-electron chi connectivity index (χ2n) is 4.96. The number of hydrogen-bond acceptors (Lipinski definition) is 3. The first kappa shape index (κ1) is 14.8. The summed E-state index contributed by atoms with van der Waals surface area (Å²) in [4.78, 5) is 11.7. The molecule has 0 aliphatic rings. The van der Waals surface area contributed by atoms with Gasteiger partial charge in [0.15, 0.2) is 6.61 Å². The molecule has 4 heteroatoms. The Morgan fingerprint density at radius 2 is 1.70 bits per heavy atom. The Bertz CT molecular complexity index is 824. The summed E-state index contributed by atoms with van der Waals surface area (Å²) in [6, 6.07) is 23.2. The number of ether oxygens (including phenoxy) is 1. The first-order chi connectivity index (χ1) is 11.3. The number of carbonyl (C=O) groups excluding carboxylic acids is 1. The van der Waals surface area contributed by atoms with Crippen LogP contribution in [0.3, 0.4) is 0 Å². The van der Waals surface area contributed by atoms with Crippen LogP contribution in [0.2, 0.25) is 0 Å². The van der Waals surface area contributed by atoms with Crippen molar-refractivity contribution in [3.05, 3.63) is 78.4 Å². The molecule has 0 radical (unpaired) electrons. The molecule has 3 aromatic rings. The monoisotopic (exact) mass is 304 g/mol. The number of para-hydroxylation sites is 1. The summed E-state index contributed by atoms with van der Waals surface area (Å²) in [5.41, 5.74) is 3.42. The lowest BCUT2D eigenvalue weighted by atomic mass is 10.1. The summed E-state index contributed by atoms with van der Waals surface area (Å²) in [6.45, 7) is -0.0725. The summed E-state index contributed by atoms with van der Waals surface area (Å²) in [5, 5.41) is 6.23. The van der Waals surface area contributed by atoms with Crippen LogP contribution in [0.4, 0.5) is 0 Å². The SMILES string of the molecule is O=C(COc1ccccc1)N/N=C\c1cccc2ccccc12. The summed E-state index contributed by atoms with van der Waals surface area (Å²) < 4.78 is 5.35. The van der Waals surface area contributed by atoms with E-state index in [9.17, 15) is 4.79 Å². The van der Waals surface area contributed by atoms with E-state index in [1.54, 1.807) is 18.3 Å². The molecule has 0 fully saturated rings. The zero-order chi connectivity index (χ0) is 15.9. The van der Waals surface area contributed by atoms with Gasteiger partial charge in [0.25, 0.3) is 5.91 Å². The van der Waals surface area contributed by atoms with E-state index in [0.717, 1.165) is 16.3 Å². The molecule has 0 saturated carbocycles. The highest BCUT2D eigenvalue weighted by molar-refractivity contribution is 5.99. The standard InChI is InChI=1S/C19H16N2O2/c22-19(14-23-17-10-2-1-3-11-17)21-20-13-16-9-6-8-15-7-4-5-12-18(15)16/h1-13H,14H2,(H,21,22)/b20-13-. The van der Waals surface area contributed by atoms with Crippen molar-refractivity contribution in [3.63, 3.8) is 0 Å². The molecule has 114 valence electrons. The van der Waals surface area contributed by atoms with E-state index in [4.69, 9.17) is 4.74 Å². The number of carbonyl (C=O) groups is 1. The zero-order valence-electron chi connectivity index (χ0n) is 12.5. The van der Waals surface area contributed by atoms with Crippen molar-refractivity contribution in [1.29, 1.82) is 0 Å². The fraction of sp³-hybridized carbons (Fsp3) is 0.0526. The van der Waals surface area contributed by atoms with Crippen molar-refractivity contribution in [2.24, 2.45) is 5.10 Å². The molecule has 0 aliphatic carbocycles. The number of amides is 1. The normalized spacial score (nSPS) is 10.8. The van der Waals surface area contributed by atoms with E-state index >= 15 is 0 Å². The molecule has 0 aromatic heterocycles. The number of fused-ring (bicyclic) bond motifs is 1. The van der Waals surface area contributed by atoms with E-state index in [1.807, 2.05) is 60.7 Å². The molecule has 3 rings (SSSR count). The predicted octanol–water partition coefficient (Wildman–Crippen LogP) is 3.37. The molecule has 0 atom stereocenters. The molecule has 1 N–H and O–H groups in total. The Labute approximate surface area is 134 Å². The van der Waals surface area contributed by atoms with Crippen LogP contribution in [0.5, 0.6) is 5.75 Å². The summed E-state index contributed by atoms with van der Waals surface area (Å²) in [5.74, 6) is 0.353. The van der Waals surface area contributed by atoms with Crippen molar-refractivity contribution >= 4 is 22.9 Å². The van der Waals surface area contributed by atoms with E-state index in [2.05, 4.69) is 10.5 Å². The molecule has 0 heterocycles. The van der Waals surface area contributed by atoms with Gasteiger partial charge in [0, 0.05) is 5.56 Å². The summed E-state index contributed by atoms with van der Waals surface area (Å²) >= 11 is 0. The largest absolute Gasteiger partial charge is 0.484 e. The second-order valence-corrected chi connectivity index (χ2v) is 4.96.